The molecule has 0 heterocycles. The number of rotatable bonds is 38. The van der Waals surface area contributed by atoms with Gasteiger partial charge in [-0.15, -0.1) is 0 Å². The third-order valence-electron chi connectivity index (χ3n) is 8.17. The topological polar surface area (TPSA) is 138 Å². The number of ether oxygens (including phenoxy) is 2. The fraction of sp³-hybridized carbons (Fsp3) is 0.622. The highest BCUT2D eigenvalue weighted by Gasteiger charge is 2.25. The van der Waals surface area contributed by atoms with Crippen LogP contribution in [0.15, 0.2) is 97.4 Å². The Labute approximate surface area is 334 Å². The molecule has 314 valence electrons. The molecule has 2 unspecified atom stereocenters. The minimum atomic E-state index is -4.37. The molecule has 0 saturated carbocycles. The summed E-state index contributed by atoms with van der Waals surface area (Å²) in [5, 5.41) is 10.3. The van der Waals surface area contributed by atoms with Crippen LogP contribution in [0.5, 0.6) is 0 Å². The lowest BCUT2D eigenvalue weighted by Gasteiger charge is -2.19. The number of phosphoric ester groups is 1. The first-order chi connectivity index (χ1) is 26.8. The summed E-state index contributed by atoms with van der Waals surface area (Å²) in [6.45, 7) is 3.80. The van der Waals surface area contributed by atoms with Crippen LogP contribution >= 0.6 is 7.82 Å². The molecule has 0 aromatic heterocycles. The standard InChI is InChI=1S/C45H76NO8P/c1-3-5-7-9-11-13-15-17-19-21-23-25-27-29-31-33-35-43(47)36-37-45(48)54-44(42-53-55(49,50)52-40-38-46)41-51-39-34-32-30-28-26-24-22-20-18-16-14-12-10-8-6-4-2/h5,7,11,13-14,16-17,19,23,25,29,31,33-35,39,43-44,47H,3-4,6,8-10,12,15,18,20-22,24,26-28,30,32,36-38,40-42,46H2,1-2H3,(H,49,50)/b7-5-,13-11-,16-14-,19-17-,25-23-,31-29-,35-33-,39-34+/t43?,44-/m1/s1. The number of carbonyl (C=O) groups is 1. The molecule has 0 radical (unpaired) electrons. The molecule has 55 heavy (non-hydrogen) atoms. The number of allylic oxidation sites excluding steroid dienone is 14. The maximum atomic E-state index is 12.6. The predicted octanol–water partition coefficient (Wildman–Crippen LogP) is 11.6. The number of hydrogen-bond donors (Lipinski definition) is 3. The molecule has 0 aliphatic carbocycles. The molecule has 0 fully saturated rings. The molecular weight excluding hydrogens is 713 g/mol. The second kappa shape index (κ2) is 40.9. The van der Waals surface area contributed by atoms with Gasteiger partial charge in [-0.2, -0.15) is 0 Å². The van der Waals surface area contributed by atoms with Gasteiger partial charge in [-0.05, 0) is 83.1 Å². The number of carbonyl (C=O) groups excluding carboxylic acids is 1. The van der Waals surface area contributed by atoms with Crippen molar-refractivity contribution in [2.24, 2.45) is 5.73 Å². The highest BCUT2D eigenvalue weighted by molar-refractivity contribution is 7.47. The molecule has 9 nitrogen and oxygen atoms in total. The van der Waals surface area contributed by atoms with Crippen molar-refractivity contribution < 1.29 is 37.9 Å². The van der Waals surface area contributed by atoms with E-state index < -0.39 is 32.6 Å². The summed E-state index contributed by atoms with van der Waals surface area (Å²) < 4.78 is 32.9. The lowest BCUT2D eigenvalue weighted by atomic mass is 10.1. The number of aliphatic hydroxyl groups is 1. The van der Waals surface area contributed by atoms with Crippen LogP contribution in [0.25, 0.3) is 0 Å². The first kappa shape index (κ1) is 52.2. The Bertz CT molecular complexity index is 1170. The van der Waals surface area contributed by atoms with E-state index in [4.69, 9.17) is 24.3 Å². The first-order valence-corrected chi connectivity index (χ1v) is 22.4. The van der Waals surface area contributed by atoms with Crippen molar-refractivity contribution in [3.05, 3.63) is 97.4 Å². The Hall–Kier alpha value is -2.78. The summed E-state index contributed by atoms with van der Waals surface area (Å²) >= 11 is 0. The fourth-order valence-corrected chi connectivity index (χ4v) is 5.83. The van der Waals surface area contributed by atoms with Crippen LogP contribution in [0.2, 0.25) is 0 Å². The van der Waals surface area contributed by atoms with Crippen molar-refractivity contribution in [1.29, 1.82) is 0 Å². The van der Waals surface area contributed by atoms with Crippen molar-refractivity contribution in [2.75, 3.05) is 26.4 Å². The summed E-state index contributed by atoms with van der Waals surface area (Å²) in [6.07, 6.45) is 51.3. The van der Waals surface area contributed by atoms with Crippen LogP contribution in [0.3, 0.4) is 0 Å². The van der Waals surface area contributed by atoms with Crippen LogP contribution in [-0.4, -0.2) is 54.5 Å². The highest BCUT2D eigenvalue weighted by atomic mass is 31.2. The predicted molar refractivity (Wildman–Crippen MR) is 229 cm³/mol. The number of esters is 1. The smallest absolute Gasteiger partial charge is 0.472 e. The zero-order valence-corrected chi connectivity index (χ0v) is 35.1. The highest BCUT2D eigenvalue weighted by Crippen LogP contribution is 2.43. The minimum Gasteiger partial charge on any atom is -0.498 e. The summed E-state index contributed by atoms with van der Waals surface area (Å²) in [5.74, 6) is -0.586. The molecule has 3 atom stereocenters. The molecule has 0 aromatic carbocycles. The molecule has 10 heteroatoms. The lowest BCUT2D eigenvalue weighted by molar-refractivity contribution is -0.153. The monoisotopic (exact) mass is 790 g/mol. The molecule has 4 N–H and O–H groups in total. The SMILES string of the molecule is CC/C=C\C/C=C\C/C=C\C/C=C\C/C=C\C=C/C(O)CCC(=O)O[C@H](CO/C=C/CCCCCCCC/C=C\CCCCCC)COP(=O)(O)OCCN. The maximum Gasteiger partial charge on any atom is 0.472 e. The van der Waals surface area contributed by atoms with E-state index in [9.17, 15) is 19.4 Å². The summed E-state index contributed by atoms with van der Waals surface area (Å²) in [7, 11) is -4.37. The fourth-order valence-electron chi connectivity index (χ4n) is 5.06. The van der Waals surface area contributed by atoms with Gasteiger partial charge in [0.05, 0.1) is 25.6 Å². The zero-order chi connectivity index (χ0) is 40.3. The van der Waals surface area contributed by atoms with Gasteiger partial charge in [0, 0.05) is 13.0 Å². The molecule has 0 amide bonds. The van der Waals surface area contributed by atoms with Gasteiger partial charge in [-0.1, -0.05) is 144 Å². The van der Waals surface area contributed by atoms with Crippen molar-refractivity contribution in [3.63, 3.8) is 0 Å². The number of hydrogen-bond acceptors (Lipinski definition) is 8. The Morgan fingerprint density at radius 2 is 1.22 bits per heavy atom. The van der Waals surface area contributed by atoms with E-state index in [0.717, 1.165) is 51.4 Å². The van der Waals surface area contributed by atoms with Gasteiger partial charge >= 0.3 is 13.8 Å². The van der Waals surface area contributed by atoms with Crippen molar-refractivity contribution >= 4 is 13.8 Å². The van der Waals surface area contributed by atoms with Gasteiger partial charge in [-0.3, -0.25) is 13.8 Å². The summed E-state index contributed by atoms with van der Waals surface area (Å²) in [6, 6.07) is 0. The Morgan fingerprint density at radius 1 is 0.673 bits per heavy atom. The van der Waals surface area contributed by atoms with Gasteiger partial charge in [0.1, 0.15) is 6.61 Å². The zero-order valence-electron chi connectivity index (χ0n) is 34.2. The van der Waals surface area contributed by atoms with Crippen LogP contribution < -0.4 is 5.73 Å². The second-order valence-corrected chi connectivity index (χ2v) is 14.8. The van der Waals surface area contributed by atoms with Crippen LogP contribution in [0.4, 0.5) is 0 Å². The quantitative estimate of drug-likeness (QED) is 0.0139. The maximum absolute atomic E-state index is 12.6. The average molecular weight is 790 g/mol. The van der Waals surface area contributed by atoms with Crippen LogP contribution in [-0.2, 0) is 27.9 Å². The number of unbranched alkanes of at least 4 members (excludes halogenated alkanes) is 11. The Kier molecular flexibility index (Phi) is 38.8. The summed E-state index contributed by atoms with van der Waals surface area (Å²) in [5.41, 5.74) is 5.34. The van der Waals surface area contributed by atoms with Gasteiger partial charge < -0.3 is 25.2 Å². The normalized spacial score (nSPS) is 15.0. The van der Waals surface area contributed by atoms with Crippen LogP contribution in [0, 0.1) is 0 Å². The molecular formula is C45H76NO8P. The molecule has 0 aromatic rings. The van der Waals surface area contributed by atoms with Crippen LogP contribution in [0.1, 0.15) is 142 Å². The molecule has 0 aliphatic heterocycles. The van der Waals surface area contributed by atoms with E-state index in [1.54, 1.807) is 18.4 Å². The number of nitrogens with two attached hydrogens (primary N) is 1. The minimum absolute atomic E-state index is 0.0506. The molecule has 0 spiro atoms. The third kappa shape index (κ3) is 40.7. The van der Waals surface area contributed by atoms with Crippen molar-refractivity contribution in [2.45, 2.75) is 154 Å². The van der Waals surface area contributed by atoms with E-state index in [1.807, 2.05) is 18.2 Å². The number of aliphatic hydroxyl groups excluding tert-OH is 1. The molecule has 0 saturated heterocycles. The third-order valence-corrected chi connectivity index (χ3v) is 9.15. The van der Waals surface area contributed by atoms with Gasteiger partial charge in [0.15, 0.2) is 6.10 Å². The first-order valence-electron chi connectivity index (χ1n) is 20.9. The summed E-state index contributed by atoms with van der Waals surface area (Å²) in [4.78, 5) is 22.4. The van der Waals surface area contributed by atoms with Crippen molar-refractivity contribution in [3.8, 4) is 0 Å². The lowest BCUT2D eigenvalue weighted by Crippen LogP contribution is -2.28. The van der Waals surface area contributed by atoms with E-state index in [2.05, 4.69) is 74.6 Å². The van der Waals surface area contributed by atoms with Gasteiger partial charge in [0.25, 0.3) is 0 Å². The largest absolute Gasteiger partial charge is 0.498 e. The van der Waals surface area contributed by atoms with Gasteiger partial charge in [-0.25, -0.2) is 4.57 Å². The molecule has 0 rings (SSSR count). The Morgan fingerprint density at radius 3 is 1.80 bits per heavy atom. The van der Waals surface area contributed by atoms with E-state index in [-0.39, 0.29) is 32.6 Å². The van der Waals surface area contributed by atoms with Crippen molar-refractivity contribution in [1.82, 2.24) is 0 Å². The molecule has 0 aliphatic rings. The molecule has 0 bridgehead atoms. The van der Waals surface area contributed by atoms with E-state index >= 15 is 0 Å². The number of phosphoric acid groups is 1. The second-order valence-electron chi connectivity index (χ2n) is 13.4. The van der Waals surface area contributed by atoms with E-state index in [1.165, 1.54) is 64.2 Å². The Balaban J connectivity index is 4.39. The van der Waals surface area contributed by atoms with Gasteiger partial charge in [0.2, 0.25) is 0 Å². The average Bonchev–Trinajstić information content (AvgIpc) is 3.17. The van der Waals surface area contributed by atoms with E-state index in [0.29, 0.717) is 0 Å².